The van der Waals surface area contributed by atoms with Crippen LogP contribution in [0, 0.1) is 28.6 Å². The van der Waals surface area contributed by atoms with E-state index in [1.807, 2.05) is 7.11 Å². The molecule has 0 bridgehead atoms. The van der Waals surface area contributed by atoms with Crippen LogP contribution in [0.5, 0.6) is 0 Å². The van der Waals surface area contributed by atoms with Gasteiger partial charge in [0, 0.05) is 12.5 Å². The van der Waals surface area contributed by atoms with Crippen molar-refractivity contribution in [1.82, 2.24) is 0 Å². The topological polar surface area (TPSA) is 9.23 Å². The highest BCUT2D eigenvalue weighted by atomic mass is 16.5. The van der Waals surface area contributed by atoms with Gasteiger partial charge in [-0.15, -0.1) is 0 Å². The number of allylic oxidation sites excluding steroid dienone is 2. The van der Waals surface area contributed by atoms with Gasteiger partial charge in [-0.05, 0) is 75.5 Å². The lowest BCUT2D eigenvalue weighted by atomic mass is 9.49. The summed E-state index contributed by atoms with van der Waals surface area (Å²) in [5.74, 6) is 2.38. The molecular weight excluding hydrogens is 268 g/mol. The van der Waals surface area contributed by atoms with Gasteiger partial charge in [0.25, 0.3) is 0 Å². The van der Waals surface area contributed by atoms with Crippen LogP contribution < -0.4 is 0 Å². The number of rotatable bonds is 2. The molecule has 1 nitrogen and oxygen atoms in total. The van der Waals surface area contributed by atoms with E-state index in [1.54, 1.807) is 0 Å². The third-order valence-corrected chi connectivity index (χ3v) is 7.71. The van der Waals surface area contributed by atoms with Gasteiger partial charge in [-0.3, -0.25) is 0 Å². The molecular formula is C21H34O. The van der Waals surface area contributed by atoms with Crippen molar-refractivity contribution < 1.29 is 4.74 Å². The van der Waals surface area contributed by atoms with E-state index < -0.39 is 0 Å². The van der Waals surface area contributed by atoms with E-state index in [0.29, 0.717) is 16.9 Å². The third kappa shape index (κ3) is 2.23. The quantitative estimate of drug-likeness (QED) is 0.589. The molecule has 6 atom stereocenters. The molecule has 0 aliphatic heterocycles. The number of hydrogen-bond donors (Lipinski definition) is 0. The molecule has 0 aromatic rings. The van der Waals surface area contributed by atoms with E-state index in [0.717, 1.165) is 17.8 Å². The van der Waals surface area contributed by atoms with Crippen molar-refractivity contribution in [3.63, 3.8) is 0 Å². The maximum absolute atomic E-state index is 5.99. The molecule has 1 heteroatoms. The average molecular weight is 303 g/mol. The summed E-state index contributed by atoms with van der Waals surface area (Å²) in [5, 5.41) is 0. The number of ether oxygens (including phenoxy) is 1. The second-order valence-electron chi connectivity index (χ2n) is 8.91. The van der Waals surface area contributed by atoms with Crippen molar-refractivity contribution in [2.24, 2.45) is 28.6 Å². The minimum atomic E-state index is 0.293. The van der Waals surface area contributed by atoms with Crippen LogP contribution in [0.1, 0.15) is 66.2 Å². The second kappa shape index (κ2) is 5.51. The van der Waals surface area contributed by atoms with Gasteiger partial charge in [-0.2, -0.15) is 0 Å². The number of fused-ring (bicyclic) bond motifs is 3. The van der Waals surface area contributed by atoms with E-state index in [4.69, 9.17) is 4.74 Å². The first kappa shape index (κ1) is 16.3. The van der Waals surface area contributed by atoms with Crippen LogP contribution >= 0.6 is 0 Å². The summed E-state index contributed by atoms with van der Waals surface area (Å²) in [6.07, 6.45) is 10.7. The van der Waals surface area contributed by atoms with Gasteiger partial charge in [0.1, 0.15) is 0 Å². The largest absolute Gasteiger partial charge is 0.377 e. The minimum absolute atomic E-state index is 0.293. The van der Waals surface area contributed by atoms with E-state index in [1.165, 1.54) is 49.7 Å². The Balaban J connectivity index is 1.98. The third-order valence-electron chi connectivity index (χ3n) is 7.71. The Bertz CT molecular complexity index is 490. The summed E-state index contributed by atoms with van der Waals surface area (Å²) in [6, 6.07) is 0. The molecule has 22 heavy (non-hydrogen) atoms. The van der Waals surface area contributed by atoms with Crippen molar-refractivity contribution in [2.75, 3.05) is 7.11 Å². The highest BCUT2D eigenvalue weighted by molar-refractivity contribution is 5.19. The first-order valence-corrected chi connectivity index (χ1v) is 9.18. The molecule has 0 aromatic heterocycles. The molecule has 2 fully saturated rings. The monoisotopic (exact) mass is 302 g/mol. The summed E-state index contributed by atoms with van der Waals surface area (Å²) in [6.45, 7) is 14.0. The van der Waals surface area contributed by atoms with Crippen molar-refractivity contribution in [2.45, 2.75) is 72.3 Å². The Labute approximate surface area is 137 Å². The summed E-state index contributed by atoms with van der Waals surface area (Å²) in [5.41, 5.74) is 3.73. The smallest absolute Gasteiger partial charge is 0.0810 e. The van der Waals surface area contributed by atoms with Gasteiger partial charge in [0.15, 0.2) is 0 Å². The zero-order chi connectivity index (χ0) is 16.1. The summed E-state index contributed by atoms with van der Waals surface area (Å²) >= 11 is 0. The van der Waals surface area contributed by atoms with Gasteiger partial charge in [-0.1, -0.05) is 37.6 Å². The summed E-state index contributed by atoms with van der Waals surface area (Å²) in [7, 11) is 1.90. The second-order valence-corrected chi connectivity index (χ2v) is 8.91. The lowest BCUT2D eigenvalue weighted by Gasteiger charge is -2.56. The van der Waals surface area contributed by atoms with Crippen LogP contribution in [0.2, 0.25) is 0 Å². The number of hydrogen-bond acceptors (Lipinski definition) is 1. The molecule has 3 aliphatic rings. The molecule has 0 aromatic carbocycles. The summed E-state index contributed by atoms with van der Waals surface area (Å²) in [4.78, 5) is 0. The fraction of sp³-hybridized carbons (Fsp3) is 0.810. The zero-order valence-corrected chi connectivity index (χ0v) is 15.2. The Morgan fingerprint density at radius 1 is 1.18 bits per heavy atom. The predicted octanol–water partition coefficient (Wildman–Crippen LogP) is 5.77. The number of methoxy groups -OCH3 is 1. The first-order chi connectivity index (χ1) is 10.3. The first-order valence-electron chi connectivity index (χ1n) is 9.18. The van der Waals surface area contributed by atoms with E-state index in [9.17, 15) is 0 Å². The summed E-state index contributed by atoms with van der Waals surface area (Å²) < 4.78 is 5.99. The van der Waals surface area contributed by atoms with Gasteiger partial charge in [0.05, 0.1) is 6.10 Å². The van der Waals surface area contributed by atoms with Crippen LogP contribution in [-0.4, -0.2) is 13.2 Å². The lowest BCUT2D eigenvalue weighted by molar-refractivity contribution is -0.108. The average Bonchev–Trinajstić information content (AvgIpc) is 2.74. The van der Waals surface area contributed by atoms with E-state index in [-0.39, 0.29) is 0 Å². The Kier molecular flexibility index (Phi) is 4.08. The molecule has 0 amide bonds. The molecule has 124 valence electrons. The van der Waals surface area contributed by atoms with Crippen molar-refractivity contribution in [1.29, 1.82) is 0 Å². The molecule has 3 rings (SSSR count). The lowest BCUT2D eigenvalue weighted by Crippen LogP contribution is -2.52. The molecule has 0 heterocycles. The maximum Gasteiger partial charge on any atom is 0.0810 e. The van der Waals surface area contributed by atoms with Gasteiger partial charge in [-0.25, -0.2) is 0 Å². The molecule has 0 unspecified atom stereocenters. The molecule has 3 aliphatic carbocycles. The highest BCUT2D eigenvalue weighted by Crippen LogP contribution is 2.66. The molecule has 2 saturated carbocycles. The molecule has 0 radical (unpaired) electrons. The SMILES string of the molecule is C=C(C)[C@@H]1CC[C@@]2(C)[C@@H]3CCC(C)=C[C@@H](OC)[C@@]3(C)CC[C@@H]12. The van der Waals surface area contributed by atoms with Gasteiger partial charge in [0.2, 0.25) is 0 Å². The fourth-order valence-corrected chi connectivity index (χ4v) is 6.50. The van der Waals surface area contributed by atoms with Crippen molar-refractivity contribution in [3.8, 4) is 0 Å². The van der Waals surface area contributed by atoms with Crippen LogP contribution in [0.4, 0.5) is 0 Å². The molecule has 0 N–H and O–H groups in total. The standard InChI is InChI=1S/C21H34O/c1-14(2)16-9-11-20(4)17(16)10-12-21(5)18(20)8-7-15(3)13-19(21)22-6/h13,16-19H,1,7-12H2,2-6H3/t16-,17-,18-,19+,20+,21-/m0/s1. The van der Waals surface area contributed by atoms with E-state index >= 15 is 0 Å². The van der Waals surface area contributed by atoms with E-state index in [2.05, 4.69) is 40.3 Å². The highest BCUT2D eigenvalue weighted by Gasteiger charge is 2.59. The van der Waals surface area contributed by atoms with Crippen LogP contribution in [-0.2, 0) is 4.74 Å². The van der Waals surface area contributed by atoms with Crippen molar-refractivity contribution >= 4 is 0 Å². The fourth-order valence-electron chi connectivity index (χ4n) is 6.50. The van der Waals surface area contributed by atoms with Gasteiger partial charge < -0.3 is 4.74 Å². The van der Waals surface area contributed by atoms with Crippen molar-refractivity contribution in [3.05, 3.63) is 23.8 Å². The molecule has 0 spiro atoms. The Hall–Kier alpha value is -0.560. The minimum Gasteiger partial charge on any atom is -0.377 e. The van der Waals surface area contributed by atoms with Crippen LogP contribution in [0.3, 0.4) is 0 Å². The zero-order valence-electron chi connectivity index (χ0n) is 15.2. The van der Waals surface area contributed by atoms with Gasteiger partial charge >= 0.3 is 0 Å². The Morgan fingerprint density at radius 3 is 2.50 bits per heavy atom. The predicted molar refractivity (Wildman–Crippen MR) is 93.8 cm³/mol. The normalized spacial score (nSPS) is 48.1. The maximum atomic E-state index is 5.99. The van der Waals surface area contributed by atoms with Crippen LogP contribution in [0.15, 0.2) is 23.8 Å². The van der Waals surface area contributed by atoms with Crippen LogP contribution in [0.25, 0.3) is 0 Å². The Morgan fingerprint density at radius 2 is 1.86 bits per heavy atom. The molecule has 0 saturated heterocycles.